The Hall–Kier alpha value is -2.55. The number of fused-ring (bicyclic) bond motifs is 1. The number of aryl methyl sites for hydroxylation is 1. The van der Waals surface area contributed by atoms with Crippen LogP contribution in [0.15, 0.2) is 53.5 Å². The van der Waals surface area contributed by atoms with E-state index in [0.717, 1.165) is 33.7 Å². The van der Waals surface area contributed by atoms with Crippen LogP contribution in [0.25, 0.3) is 10.9 Å². The Kier molecular flexibility index (Phi) is 3.96. The third-order valence-electron chi connectivity index (χ3n) is 3.56. The number of benzene rings is 1. The fourth-order valence-corrected chi connectivity index (χ4v) is 2.34. The van der Waals surface area contributed by atoms with Gasteiger partial charge in [0, 0.05) is 16.8 Å². The van der Waals surface area contributed by atoms with Gasteiger partial charge in [0.25, 0.3) is 0 Å². The van der Waals surface area contributed by atoms with E-state index in [1.165, 1.54) is 0 Å². The van der Waals surface area contributed by atoms with Crippen molar-refractivity contribution in [3.63, 3.8) is 0 Å². The van der Waals surface area contributed by atoms with Crippen LogP contribution < -0.4 is 0 Å². The number of para-hydroxylation sites is 1. The minimum Gasteiger partial charge on any atom is -0.252 e. The molecule has 0 fully saturated rings. The van der Waals surface area contributed by atoms with Crippen LogP contribution in [0.1, 0.15) is 36.8 Å². The van der Waals surface area contributed by atoms with E-state index in [2.05, 4.69) is 42.0 Å². The van der Waals surface area contributed by atoms with Crippen LogP contribution in [0.5, 0.6) is 0 Å². The molecular formula is C19H19N3. The zero-order valence-corrected chi connectivity index (χ0v) is 13.1. The van der Waals surface area contributed by atoms with Gasteiger partial charge in [-0.25, -0.2) is 0 Å². The Bertz CT molecular complexity index is 835. The molecule has 3 nitrogen and oxygen atoms in total. The van der Waals surface area contributed by atoms with Crippen LogP contribution in [-0.2, 0) is 0 Å². The van der Waals surface area contributed by atoms with Crippen molar-refractivity contribution in [1.82, 2.24) is 9.97 Å². The molecule has 2 heterocycles. The van der Waals surface area contributed by atoms with Crippen molar-refractivity contribution < 1.29 is 0 Å². The molecule has 0 aliphatic rings. The fraction of sp³-hybridized carbons (Fsp3) is 0.211. The first kappa shape index (κ1) is 14.4. The van der Waals surface area contributed by atoms with Crippen molar-refractivity contribution in [3.8, 4) is 0 Å². The molecule has 0 amide bonds. The highest BCUT2D eigenvalue weighted by Crippen LogP contribution is 2.26. The summed E-state index contributed by atoms with van der Waals surface area (Å²) in [6, 6.07) is 16.2. The van der Waals surface area contributed by atoms with Gasteiger partial charge in [0.2, 0.25) is 0 Å². The molecule has 1 aromatic carbocycles. The van der Waals surface area contributed by atoms with E-state index in [0.29, 0.717) is 5.92 Å². The highest BCUT2D eigenvalue weighted by molar-refractivity contribution is 5.92. The molecule has 0 spiro atoms. The van der Waals surface area contributed by atoms with Crippen molar-refractivity contribution in [2.24, 2.45) is 4.99 Å². The smallest absolute Gasteiger partial charge is 0.0961 e. The minimum atomic E-state index is 0.403. The van der Waals surface area contributed by atoms with Crippen LogP contribution in [0, 0.1) is 6.92 Å². The maximum absolute atomic E-state index is 4.77. The monoisotopic (exact) mass is 289 g/mol. The zero-order chi connectivity index (χ0) is 15.5. The van der Waals surface area contributed by atoms with Gasteiger partial charge in [-0.05, 0) is 37.1 Å². The van der Waals surface area contributed by atoms with Crippen LogP contribution >= 0.6 is 0 Å². The quantitative estimate of drug-likeness (QED) is 0.649. The van der Waals surface area contributed by atoms with E-state index in [9.17, 15) is 0 Å². The molecule has 0 aliphatic carbocycles. The van der Waals surface area contributed by atoms with Crippen molar-refractivity contribution in [3.05, 3.63) is 65.6 Å². The summed E-state index contributed by atoms with van der Waals surface area (Å²) in [7, 11) is 0. The molecule has 0 N–H and O–H groups in total. The second kappa shape index (κ2) is 6.06. The summed E-state index contributed by atoms with van der Waals surface area (Å²) in [6.07, 6.45) is 1.80. The molecule has 0 aliphatic heterocycles. The van der Waals surface area contributed by atoms with Crippen molar-refractivity contribution in [2.75, 3.05) is 0 Å². The summed E-state index contributed by atoms with van der Waals surface area (Å²) in [5.41, 5.74) is 4.75. The van der Waals surface area contributed by atoms with E-state index in [1.807, 2.05) is 37.3 Å². The predicted octanol–water partition coefficient (Wildman–Crippen LogP) is 4.81. The maximum Gasteiger partial charge on any atom is 0.0961 e. The van der Waals surface area contributed by atoms with Crippen LogP contribution in [0.4, 0.5) is 5.69 Å². The second-order valence-corrected chi connectivity index (χ2v) is 5.70. The largest absolute Gasteiger partial charge is 0.252 e. The number of rotatable bonds is 3. The van der Waals surface area contributed by atoms with E-state index in [-0.39, 0.29) is 0 Å². The van der Waals surface area contributed by atoms with Gasteiger partial charge in [0.05, 0.1) is 23.1 Å². The predicted molar refractivity (Wildman–Crippen MR) is 92.1 cm³/mol. The summed E-state index contributed by atoms with van der Waals surface area (Å²) < 4.78 is 0. The van der Waals surface area contributed by atoms with E-state index in [1.54, 1.807) is 6.21 Å². The number of nitrogens with zero attached hydrogens (tertiary/aromatic N) is 3. The third-order valence-corrected chi connectivity index (χ3v) is 3.56. The first-order valence-corrected chi connectivity index (χ1v) is 7.51. The highest BCUT2D eigenvalue weighted by atomic mass is 14.8. The maximum atomic E-state index is 4.77. The van der Waals surface area contributed by atoms with E-state index >= 15 is 0 Å². The van der Waals surface area contributed by atoms with Gasteiger partial charge in [-0.15, -0.1) is 0 Å². The molecule has 0 radical (unpaired) electrons. The van der Waals surface area contributed by atoms with Crippen molar-refractivity contribution >= 4 is 22.8 Å². The average molecular weight is 289 g/mol. The highest BCUT2D eigenvalue weighted by Gasteiger charge is 2.05. The molecule has 0 unspecified atom stereocenters. The Morgan fingerprint density at radius 1 is 0.955 bits per heavy atom. The minimum absolute atomic E-state index is 0.403. The molecule has 0 atom stereocenters. The molecule has 110 valence electrons. The molecule has 3 aromatic rings. The van der Waals surface area contributed by atoms with Gasteiger partial charge in [-0.2, -0.15) is 0 Å². The van der Waals surface area contributed by atoms with Gasteiger partial charge in [0.15, 0.2) is 0 Å². The van der Waals surface area contributed by atoms with Crippen molar-refractivity contribution in [2.45, 2.75) is 26.7 Å². The van der Waals surface area contributed by atoms with Gasteiger partial charge in [-0.3, -0.25) is 15.0 Å². The van der Waals surface area contributed by atoms with E-state index in [4.69, 9.17) is 4.98 Å². The van der Waals surface area contributed by atoms with Crippen LogP contribution in [0.3, 0.4) is 0 Å². The molecule has 0 bridgehead atoms. The standard InChI is InChI=1S/C19H19N3/c1-13(2)17-11-10-15-7-5-9-18(19(15)22-17)20-12-16-8-4-6-14(3)21-16/h4-13H,1-3H3. The fourth-order valence-electron chi connectivity index (χ4n) is 2.34. The van der Waals surface area contributed by atoms with Gasteiger partial charge < -0.3 is 0 Å². The molecule has 3 heteroatoms. The number of hydrogen-bond acceptors (Lipinski definition) is 3. The van der Waals surface area contributed by atoms with E-state index < -0.39 is 0 Å². The lowest BCUT2D eigenvalue weighted by molar-refractivity contribution is 0.830. The first-order chi connectivity index (χ1) is 10.6. The van der Waals surface area contributed by atoms with Gasteiger partial charge >= 0.3 is 0 Å². The topological polar surface area (TPSA) is 38.1 Å². The first-order valence-electron chi connectivity index (χ1n) is 7.51. The molecular weight excluding hydrogens is 270 g/mol. The average Bonchev–Trinajstić information content (AvgIpc) is 2.52. The SMILES string of the molecule is Cc1cccc(C=Nc2cccc3ccc(C(C)C)nc23)n1. The van der Waals surface area contributed by atoms with Gasteiger partial charge in [-0.1, -0.05) is 38.1 Å². The number of aromatic nitrogens is 2. The Labute approximate surface area is 130 Å². The summed E-state index contributed by atoms with van der Waals surface area (Å²) in [4.78, 5) is 13.8. The lowest BCUT2D eigenvalue weighted by Crippen LogP contribution is -1.93. The summed E-state index contributed by atoms with van der Waals surface area (Å²) in [6.45, 7) is 6.28. The molecule has 22 heavy (non-hydrogen) atoms. The Morgan fingerprint density at radius 3 is 2.55 bits per heavy atom. The number of pyridine rings is 2. The zero-order valence-electron chi connectivity index (χ0n) is 13.1. The summed E-state index contributed by atoms with van der Waals surface area (Å²) in [5.74, 6) is 0.403. The molecule has 0 saturated carbocycles. The van der Waals surface area contributed by atoms with Gasteiger partial charge in [0.1, 0.15) is 0 Å². The lowest BCUT2D eigenvalue weighted by atomic mass is 10.1. The summed E-state index contributed by atoms with van der Waals surface area (Å²) >= 11 is 0. The second-order valence-electron chi connectivity index (χ2n) is 5.70. The van der Waals surface area contributed by atoms with Crippen LogP contribution in [0.2, 0.25) is 0 Å². The molecule has 2 aromatic heterocycles. The number of aliphatic imine (C=N–C) groups is 1. The lowest BCUT2D eigenvalue weighted by Gasteiger charge is -2.07. The normalized spacial score (nSPS) is 11.6. The Balaban J connectivity index is 2.04. The van der Waals surface area contributed by atoms with Crippen LogP contribution in [-0.4, -0.2) is 16.2 Å². The molecule has 0 saturated heterocycles. The third kappa shape index (κ3) is 3.03. The molecule has 3 rings (SSSR count). The Morgan fingerprint density at radius 2 is 1.77 bits per heavy atom. The summed E-state index contributed by atoms with van der Waals surface area (Å²) in [5, 5.41) is 1.11. The van der Waals surface area contributed by atoms with Crippen molar-refractivity contribution in [1.29, 1.82) is 0 Å². The number of hydrogen-bond donors (Lipinski definition) is 0.